The van der Waals surface area contributed by atoms with Crippen LogP contribution in [0.4, 0.5) is 15.9 Å². The van der Waals surface area contributed by atoms with Crippen molar-refractivity contribution in [3.63, 3.8) is 0 Å². The Balaban J connectivity index is 2.19. The zero-order valence-corrected chi connectivity index (χ0v) is 12.1. The van der Waals surface area contributed by atoms with Gasteiger partial charge in [0, 0.05) is 5.56 Å². The third-order valence-corrected chi connectivity index (χ3v) is 3.34. The van der Waals surface area contributed by atoms with E-state index < -0.39 is 4.92 Å². The summed E-state index contributed by atoms with van der Waals surface area (Å²) in [5.41, 5.74) is 1.89. The Labute approximate surface area is 122 Å². The van der Waals surface area contributed by atoms with Gasteiger partial charge in [-0.2, -0.15) is 0 Å². The number of halogens is 1. The highest BCUT2D eigenvalue weighted by Crippen LogP contribution is 2.23. The number of aromatic nitrogens is 1. The average Bonchev–Trinajstić information content (AvgIpc) is 2.41. The molecule has 5 nitrogen and oxygen atoms in total. The number of nitrogens with one attached hydrogen (secondary N) is 1. The summed E-state index contributed by atoms with van der Waals surface area (Å²) in [7, 11) is 0. The molecule has 1 atom stereocenters. The zero-order valence-electron chi connectivity index (χ0n) is 12.1. The lowest BCUT2D eigenvalue weighted by Crippen LogP contribution is -2.09. The van der Waals surface area contributed by atoms with E-state index in [2.05, 4.69) is 10.3 Å². The summed E-state index contributed by atoms with van der Waals surface area (Å²) >= 11 is 0. The van der Waals surface area contributed by atoms with Gasteiger partial charge in [-0.05, 0) is 44.0 Å². The van der Waals surface area contributed by atoms with E-state index in [1.165, 1.54) is 12.3 Å². The summed E-state index contributed by atoms with van der Waals surface area (Å²) in [6, 6.07) is 6.49. The summed E-state index contributed by atoms with van der Waals surface area (Å²) in [6.07, 6.45) is 1.22. The minimum atomic E-state index is -0.467. The van der Waals surface area contributed by atoms with Gasteiger partial charge in [-0.3, -0.25) is 10.1 Å². The van der Waals surface area contributed by atoms with Gasteiger partial charge in [0.25, 0.3) is 5.69 Å². The zero-order chi connectivity index (χ0) is 15.6. The summed E-state index contributed by atoms with van der Waals surface area (Å²) in [4.78, 5) is 14.3. The molecule has 0 saturated carbocycles. The van der Waals surface area contributed by atoms with Crippen molar-refractivity contribution in [1.29, 1.82) is 0 Å². The van der Waals surface area contributed by atoms with Crippen LogP contribution in [0.15, 0.2) is 30.5 Å². The van der Waals surface area contributed by atoms with Crippen LogP contribution in [-0.2, 0) is 0 Å². The Morgan fingerprint density at radius 2 is 2.00 bits per heavy atom. The number of aryl methyl sites for hydroxylation is 2. The normalized spacial score (nSPS) is 12.0. The maximum atomic E-state index is 13.6. The third kappa shape index (κ3) is 3.34. The maximum Gasteiger partial charge on any atom is 0.290 e. The van der Waals surface area contributed by atoms with E-state index in [0.717, 1.165) is 5.56 Å². The summed E-state index contributed by atoms with van der Waals surface area (Å²) in [5, 5.41) is 13.9. The smallest absolute Gasteiger partial charge is 0.290 e. The van der Waals surface area contributed by atoms with Gasteiger partial charge in [-0.25, -0.2) is 9.37 Å². The van der Waals surface area contributed by atoms with Crippen LogP contribution in [0.1, 0.15) is 29.7 Å². The second-order valence-corrected chi connectivity index (χ2v) is 4.99. The molecular formula is C15H16FN3O2. The fourth-order valence-electron chi connectivity index (χ4n) is 2.00. The first-order chi connectivity index (χ1) is 9.88. The first-order valence-electron chi connectivity index (χ1n) is 6.52. The summed E-state index contributed by atoms with van der Waals surface area (Å²) < 4.78 is 13.6. The standard InChI is InChI=1S/C15H16FN3O2/c1-9-4-5-12(7-13(9)16)11(3)18-15-6-10(2)14(8-17-15)19(20)21/h4-8,11H,1-3H3,(H,17,18). The van der Waals surface area contributed by atoms with Gasteiger partial charge >= 0.3 is 0 Å². The van der Waals surface area contributed by atoms with Crippen molar-refractivity contribution < 1.29 is 9.31 Å². The number of hydrogen-bond donors (Lipinski definition) is 1. The molecule has 1 N–H and O–H groups in total. The number of rotatable bonds is 4. The molecule has 1 aromatic carbocycles. The molecule has 0 aliphatic carbocycles. The lowest BCUT2D eigenvalue weighted by Gasteiger charge is -2.15. The molecule has 0 fully saturated rings. The highest BCUT2D eigenvalue weighted by Gasteiger charge is 2.13. The SMILES string of the molecule is Cc1ccc(C(C)Nc2cc(C)c([N+](=O)[O-])cn2)cc1F. The van der Waals surface area contributed by atoms with E-state index in [0.29, 0.717) is 16.9 Å². The minimum Gasteiger partial charge on any atom is -0.364 e. The minimum absolute atomic E-state index is 0.0189. The Bertz CT molecular complexity index is 689. The topological polar surface area (TPSA) is 68.1 Å². The molecule has 0 bridgehead atoms. The Morgan fingerprint density at radius 1 is 1.29 bits per heavy atom. The molecule has 0 aliphatic heterocycles. The van der Waals surface area contributed by atoms with Crippen LogP contribution in [0.5, 0.6) is 0 Å². The molecule has 21 heavy (non-hydrogen) atoms. The Morgan fingerprint density at radius 3 is 2.57 bits per heavy atom. The molecule has 2 aromatic rings. The molecule has 2 rings (SSSR count). The predicted octanol–water partition coefficient (Wildman–Crippen LogP) is 3.92. The van der Waals surface area contributed by atoms with Crippen molar-refractivity contribution >= 4 is 11.5 Å². The quantitative estimate of drug-likeness (QED) is 0.684. The molecule has 0 spiro atoms. The fourth-order valence-corrected chi connectivity index (χ4v) is 2.00. The van der Waals surface area contributed by atoms with E-state index in [9.17, 15) is 14.5 Å². The number of benzene rings is 1. The molecule has 6 heteroatoms. The van der Waals surface area contributed by atoms with E-state index in [1.807, 2.05) is 13.0 Å². The maximum absolute atomic E-state index is 13.6. The number of pyridine rings is 1. The van der Waals surface area contributed by atoms with Crippen molar-refractivity contribution in [1.82, 2.24) is 4.98 Å². The van der Waals surface area contributed by atoms with Crippen molar-refractivity contribution in [3.05, 3.63) is 63.1 Å². The average molecular weight is 289 g/mol. The van der Waals surface area contributed by atoms with Crippen LogP contribution in [-0.4, -0.2) is 9.91 Å². The van der Waals surface area contributed by atoms with Gasteiger partial charge in [-0.15, -0.1) is 0 Å². The van der Waals surface area contributed by atoms with E-state index >= 15 is 0 Å². The van der Waals surface area contributed by atoms with Gasteiger partial charge in [0.05, 0.1) is 11.0 Å². The van der Waals surface area contributed by atoms with Crippen molar-refractivity contribution in [2.24, 2.45) is 0 Å². The van der Waals surface area contributed by atoms with Crippen molar-refractivity contribution in [2.75, 3.05) is 5.32 Å². The highest BCUT2D eigenvalue weighted by atomic mass is 19.1. The Kier molecular flexibility index (Phi) is 4.16. The van der Waals surface area contributed by atoms with E-state index in [1.54, 1.807) is 26.0 Å². The molecule has 0 amide bonds. The van der Waals surface area contributed by atoms with Gasteiger partial charge < -0.3 is 5.32 Å². The first kappa shape index (κ1) is 14.9. The van der Waals surface area contributed by atoms with E-state index in [-0.39, 0.29) is 17.5 Å². The van der Waals surface area contributed by atoms with Gasteiger partial charge in [0.1, 0.15) is 17.8 Å². The monoisotopic (exact) mass is 289 g/mol. The van der Waals surface area contributed by atoms with Crippen LogP contribution in [0, 0.1) is 29.8 Å². The van der Waals surface area contributed by atoms with Crippen LogP contribution >= 0.6 is 0 Å². The van der Waals surface area contributed by atoms with Crippen molar-refractivity contribution in [2.45, 2.75) is 26.8 Å². The fraction of sp³-hybridized carbons (Fsp3) is 0.267. The largest absolute Gasteiger partial charge is 0.364 e. The molecule has 1 unspecified atom stereocenters. The molecule has 1 aromatic heterocycles. The predicted molar refractivity (Wildman–Crippen MR) is 78.8 cm³/mol. The number of nitro groups is 1. The van der Waals surface area contributed by atoms with Crippen LogP contribution < -0.4 is 5.32 Å². The third-order valence-electron chi connectivity index (χ3n) is 3.34. The van der Waals surface area contributed by atoms with Gasteiger partial charge in [0.15, 0.2) is 0 Å². The lowest BCUT2D eigenvalue weighted by molar-refractivity contribution is -0.385. The van der Waals surface area contributed by atoms with Crippen LogP contribution in [0.2, 0.25) is 0 Å². The Hall–Kier alpha value is -2.50. The molecular weight excluding hydrogens is 273 g/mol. The molecule has 110 valence electrons. The molecule has 0 radical (unpaired) electrons. The van der Waals surface area contributed by atoms with Crippen LogP contribution in [0.3, 0.4) is 0 Å². The second kappa shape index (κ2) is 5.87. The van der Waals surface area contributed by atoms with Gasteiger partial charge in [0.2, 0.25) is 0 Å². The molecule has 1 heterocycles. The summed E-state index contributed by atoms with van der Waals surface area (Å²) in [6.45, 7) is 5.24. The molecule has 0 aliphatic rings. The number of hydrogen-bond acceptors (Lipinski definition) is 4. The first-order valence-corrected chi connectivity index (χ1v) is 6.52. The van der Waals surface area contributed by atoms with E-state index in [4.69, 9.17) is 0 Å². The summed E-state index contributed by atoms with van der Waals surface area (Å²) in [5.74, 6) is 0.264. The molecule has 0 saturated heterocycles. The second-order valence-electron chi connectivity index (χ2n) is 4.99. The van der Waals surface area contributed by atoms with Crippen LogP contribution in [0.25, 0.3) is 0 Å². The van der Waals surface area contributed by atoms with Gasteiger partial charge in [-0.1, -0.05) is 12.1 Å². The number of anilines is 1. The lowest BCUT2D eigenvalue weighted by atomic mass is 10.1. The number of nitrogens with zero attached hydrogens (tertiary/aromatic N) is 2. The highest BCUT2D eigenvalue weighted by molar-refractivity contribution is 5.48. The van der Waals surface area contributed by atoms with Crippen molar-refractivity contribution in [3.8, 4) is 0 Å².